The number of carboxylic acid groups (broad SMARTS) is 1. The Hall–Kier alpha value is -4.11. The first-order valence-corrected chi connectivity index (χ1v) is 11.4. The Balaban J connectivity index is 1.66. The maximum atomic E-state index is 10.8. The van der Waals surface area contributed by atoms with E-state index < -0.39 is 5.97 Å². The third-order valence-electron chi connectivity index (χ3n) is 5.79. The average Bonchev–Trinajstić information content (AvgIpc) is 2.84. The maximum absolute atomic E-state index is 10.8. The molecule has 0 saturated heterocycles. The molecule has 0 spiro atoms. The number of para-hydroxylation sites is 1. The van der Waals surface area contributed by atoms with Crippen molar-refractivity contribution in [2.45, 2.75) is 26.2 Å². The molecule has 4 aromatic carbocycles. The van der Waals surface area contributed by atoms with Crippen LogP contribution in [0.5, 0.6) is 0 Å². The summed E-state index contributed by atoms with van der Waals surface area (Å²) in [5, 5.41) is 8.87. The zero-order valence-corrected chi connectivity index (χ0v) is 19.8. The van der Waals surface area contributed by atoms with Crippen LogP contribution >= 0.6 is 0 Å². The molecular weight excluding hydrogens is 418 g/mol. The molecule has 0 fully saturated rings. The molecule has 0 atom stereocenters. The first-order chi connectivity index (χ1) is 16.3. The molecule has 0 saturated carbocycles. The number of rotatable bonds is 6. The van der Waals surface area contributed by atoms with Gasteiger partial charge in [-0.25, -0.2) is 4.79 Å². The van der Waals surface area contributed by atoms with Crippen molar-refractivity contribution in [1.29, 1.82) is 0 Å². The van der Waals surface area contributed by atoms with Crippen LogP contribution in [0.3, 0.4) is 0 Å². The van der Waals surface area contributed by atoms with Crippen LogP contribution in [-0.4, -0.2) is 11.1 Å². The van der Waals surface area contributed by atoms with Crippen LogP contribution in [0.2, 0.25) is 0 Å². The molecule has 0 aliphatic heterocycles. The molecule has 1 N–H and O–H groups in total. The lowest BCUT2D eigenvalue weighted by Crippen LogP contribution is -2.10. The van der Waals surface area contributed by atoms with Crippen molar-refractivity contribution in [3.8, 4) is 11.1 Å². The molecule has 0 heterocycles. The van der Waals surface area contributed by atoms with Crippen molar-refractivity contribution in [1.82, 2.24) is 0 Å². The standard InChI is InChI=1S/C31H29NO2/c1-31(2,3)26-16-12-24(13-17-26)25-14-20-29(21-15-25)32(27-7-5-4-6-8-27)28-18-9-23(10-19-28)11-22-30(33)34/h4-22H,1-3H3,(H,33,34)/b22-11+. The van der Waals surface area contributed by atoms with E-state index in [-0.39, 0.29) is 5.41 Å². The van der Waals surface area contributed by atoms with E-state index in [9.17, 15) is 4.79 Å². The van der Waals surface area contributed by atoms with Crippen LogP contribution in [0.15, 0.2) is 109 Å². The van der Waals surface area contributed by atoms with Crippen LogP contribution in [0.25, 0.3) is 17.2 Å². The maximum Gasteiger partial charge on any atom is 0.328 e. The van der Waals surface area contributed by atoms with Crippen LogP contribution in [0, 0.1) is 0 Å². The second kappa shape index (κ2) is 9.80. The van der Waals surface area contributed by atoms with Gasteiger partial charge in [0.2, 0.25) is 0 Å². The number of aliphatic carboxylic acids is 1. The largest absolute Gasteiger partial charge is 0.478 e. The lowest BCUT2D eigenvalue weighted by atomic mass is 9.86. The lowest BCUT2D eigenvalue weighted by Gasteiger charge is -2.25. The molecule has 0 bridgehead atoms. The summed E-state index contributed by atoms with van der Waals surface area (Å²) in [6.45, 7) is 6.68. The molecule has 4 aromatic rings. The molecule has 3 heteroatoms. The normalized spacial score (nSPS) is 11.5. The average molecular weight is 448 g/mol. The van der Waals surface area contributed by atoms with Gasteiger partial charge in [-0.05, 0) is 70.1 Å². The molecule has 170 valence electrons. The van der Waals surface area contributed by atoms with Gasteiger partial charge in [-0.15, -0.1) is 0 Å². The van der Waals surface area contributed by atoms with Crippen molar-refractivity contribution in [3.63, 3.8) is 0 Å². The van der Waals surface area contributed by atoms with E-state index in [0.29, 0.717) is 0 Å². The lowest BCUT2D eigenvalue weighted by molar-refractivity contribution is -0.131. The molecule has 0 aromatic heterocycles. The van der Waals surface area contributed by atoms with Gasteiger partial charge < -0.3 is 10.0 Å². The Kier molecular flexibility index (Phi) is 6.65. The molecule has 0 radical (unpaired) electrons. The highest BCUT2D eigenvalue weighted by Gasteiger charge is 2.14. The minimum Gasteiger partial charge on any atom is -0.478 e. The quantitative estimate of drug-likeness (QED) is 0.303. The van der Waals surface area contributed by atoms with Crippen LogP contribution in [0.1, 0.15) is 31.9 Å². The van der Waals surface area contributed by atoms with Crippen LogP contribution in [0.4, 0.5) is 17.1 Å². The highest BCUT2D eigenvalue weighted by molar-refractivity contribution is 5.85. The van der Waals surface area contributed by atoms with E-state index in [0.717, 1.165) is 28.7 Å². The van der Waals surface area contributed by atoms with Crippen molar-refractivity contribution in [2.75, 3.05) is 4.90 Å². The van der Waals surface area contributed by atoms with Crippen molar-refractivity contribution in [2.24, 2.45) is 0 Å². The zero-order valence-electron chi connectivity index (χ0n) is 19.8. The minimum absolute atomic E-state index is 0.136. The summed E-state index contributed by atoms with van der Waals surface area (Å²) in [6, 6.07) is 35.5. The highest BCUT2D eigenvalue weighted by Crippen LogP contribution is 2.36. The number of benzene rings is 4. The van der Waals surface area contributed by atoms with E-state index in [1.807, 2.05) is 42.5 Å². The van der Waals surface area contributed by atoms with Crippen molar-refractivity contribution in [3.05, 3.63) is 120 Å². The van der Waals surface area contributed by atoms with E-state index in [4.69, 9.17) is 5.11 Å². The second-order valence-corrected chi connectivity index (χ2v) is 9.31. The summed E-state index contributed by atoms with van der Waals surface area (Å²) >= 11 is 0. The Labute approximate surface area is 201 Å². The number of hydrogen-bond donors (Lipinski definition) is 1. The Bertz CT molecular complexity index is 1260. The molecule has 0 amide bonds. The molecular formula is C31H29NO2. The van der Waals surface area contributed by atoms with Gasteiger partial charge in [-0.3, -0.25) is 0 Å². The SMILES string of the molecule is CC(C)(C)c1ccc(-c2ccc(N(c3ccccc3)c3ccc(/C=C/C(=O)O)cc3)cc2)cc1. The first kappa shape index (κ1) is 23.1. The predicted octanol–water partition coefficient (Wildman–Crippen LogP) is 8.22. The summed E-state index contributed by atoms with van der Waals surface area (Å²) in [4.78, 5) is 13.0. The topological polar surface area (TPSA) is 40.5 Å². The van der Waals surface area contributed by atoms with Gasteiger partial charge in [-0.2, -0.15) is 0 Å². The van der Waals surface area contributed by atoms with Crippen molar-refractivity contribution >= 4 is 29.1 Å². The summed E-state index contributed by atoms with van der Waals surface area (Å²) in [6.07, 6.45) is 2.75. The smallest absolute Gasteiger partial charge is 0.328 e. The summed E-state index contributed by atoms with van der Waals surface area (Å²) in [5.41, 5.74) is 7.77. The molecule has 0 aliphatic carbocycles. The fourth-order valence-corrected chi connectivity index (χ4v) is 3.89. The van der Waals surface area contributed by atoms with Gasteiger partial charge >= 0.3 is 5.97 Å². The first-order valence-electron chi connectivity index (χ1n) is 11.4. The van der Waals surface area contributed by atoms with E-state index >= 15 is 0 Å². The van der Waals surface area contributed by atoms with E-state index in [2.05, 4.69) is 86.3 Å². The number of carbonyl (C=O) groups is 1. The number of anilines is 3. The van der Waals surface area contributed by atoms with Crippen LogP contribution < -0.4 is 4.90 Å². The van der Waals surface area contributed by atoms with Gasteiger partial charge in [0.15, 0.2) is 0 Å². The van der Waals surface area contributed by atoms with Gasteiger partial charge in [0.05, 0.1) is 0 Å². The van der Waals surface area contributed by atoms with Gasteiger partial charge in [0, 0.05) is 23.1 Å². The molecule has 0 aliphatic rings. The van der Waals surface area contributed by atoms with Gasteiger partial charge in [-0.1, -0.05) is 87.5 Å². The van der Waals surface area contributed by atoms with Gasteiger partial charge in [0.1, 0.15) is 0 Å². The molecule has 34 heavy (non-hydrogen) atoms. The number of nitrogens with zero attached hydrogens (tertiary/aromatic N) is 1. The van der Waals surface area contributed by atoms with Crippen LogP contribution in [-0.2, 0) is 10.2 Å². The van der Waals surface area contributed by atoms with E-state index in [1.54, 1.807) is 6.08 Å². The monoisotopic (exact) mass is 447 g/mol. The Morgan fingerprint density at radius 3 is 1.65 bits per heavy atom. The predicted molar refractivity (Wildman–Crippen MR) is 142 cm³/mol. The van der Waals surface area contributed by atoms with Crippen molar-refractivity contribution < 1.29 is 9.90 Å². The molecule has 3 nitrogen and oxygen atoms in total. The highest BCUT2D eigenvalue weighted by atomic mass is 16.4. The summed E-state index contributed by atoms with van der Waals surface area (Å²) in [5.74, 6) is -0.955. The number of hydrogen-bond acceptors (Lipinski definition) is 2. The molecule has 4 rings (SSSR count). The second-order valence-electron chi connectivity index (χ2n) is 9.31. The third kappa shape index (κ3) is 5.44. The van der Waals surface area contributed by atoms with Gasteiger partial charge in [0.25, 0.3) is 0 Å². The van der Waals surface area contributed by atoms with E-state index in [1.165, 1.54) is 16.7 Å². The fourth-order valence-electron chi connectivity index (χ4n) is 3.89. The summed E-state index contributed by atoms with van der Waals surface area (Å²) in [7, 11) is 0. The zero-order chi connectivity index (χ0) is 24.1. The number of carboxylic acids is 1. The Morgan fingerprint density at radius 1 is 0.676 bits per heavy atom. The summed E-state index contributed by atoms with van der Waals surface area (Å²) < 4.78 is 0. The Morgan fingerprint density at radius 2 is 1.15 bits per heavy atom. The molecule has 0 unspecified atom stereocenters. The fraction of sp³-hybridized carbons (Fsp3) is 0.129. The third-order valence-corrected chi connectivity index (χ3v) is 5.79. The minimum atomic E-state index is -0.955.